The average molecular weight is 962 g/mol. The molecule has 0 saturated heterocycles. The van der Waals surface area contributed by atoms with E-state index in [0.717, 1.165) is 0 Å². The van der Waals surface area contributed by atoms with Gasteiger partial charge in [-0.15, -0.1) is 0 Å². The quantitative estimate of drug-likeness (QED) is 0.0273. The van der Waals surface area contributed by atoms with E-state index in [1.807, 2.05) is 0 Å². The van der Waals surface area contributed by atoms with Gasteiger partial charge in [0.15, 0.2) is 0 Å². The van der Waals surface area contributed by atoms with Crippen LogP contribution in [0.1, 0.15) is 105 Å². The Hall–Kier alpha value is -5.11. The highest BCUT2D eigenvalue weighted by atomic mass is 32.2. The molecule has 0 aliphatic carbocycles. The van der Waals surface area contributed by atoms with Crippen LogP contribution in [0, 0.1) is 11.8 Å². The molecule has 0 unspecified atom stereocenters. The molecule has 8 atom stereocenters. The van der Waals surface area contributed by atoms with Crippen LogP contribution in [0.2, 0.25) is 0 Å². The van der Waals surface area contributed by atoms with Crippen molar-refractivity contribution in [3.05, 3.63) is 0 Å². The van der Waals surface area contributed by atoms with Gasteiger partial charge in [0.05, 0.1) is 12.6 Å². The Bertz CT molecular complexity index is 1610. The van der Waals surface area contributed by atoms with Crippen LogP contribution in [-0.4, -0.2) is 155 Å². The number of thioether (sulfide) groups is 1. The van der Waals surface area contributed by atoms with Gasteiger partial charge in [-0.2, -0.15) is 11.8 Å². The highest BCUT2D eigenvalue weighted by Crippen LogP contribution is 2.12. The molecular weight excluding hydrogens is 887 g/mol. The standard InChI is InChI=1S/C41H75N11O13S/c1-22(2)20-29(50-37(60)27(13-14-31(45)54)48-40(63)30(21-53)51-34(57)24(44)12-15-32(55)56)39(62)47-26(11-7-9-18-43)35(58)46-25(10-6-8-17-42)36(59)49-28(16-19-66-5)38(61)52-33(23(3)4)41(64)65/h22-30,33,53H,6-21,42-44H2,1-5H3,(H2,45,54)(H,46,58)(H,47,62)(H,48,63)(H,49,59)(H,50,60)(H,51,57)(H,52,61)(H,55,56)(H,64,65)/t24-,25-,26-,27-,28-,29-,30-,33-/m0/s1. The zero-order valence-electron chi connectivity index (χ0n) is 38.7. The number of carboxylic acids is 2. The fraction of sp³-hybridized carbons (Fsp3) is 0.756. The molecule has 0 aromatic carbocycles. The summed E-state index contributed by atoms with van der Waals surface area (Å²) in [5.74, 6) is -9.63. The van der Waals surface area contributed by atoms with Crippen molar-refractivity contribution in [1.82, 2.24) is 37.2 Å². The highest BCUT2D eigenvalue weighted by Gasteiger charge is 2.35. The minimum absolute atomic E-state index is 0.0118. The van der Waals surface area contributed by atoms with Gasteiger partial charge in [0.25, 0.3) is 0 Å². The number of aliphatic hydroxyl groups is 1. The first-order chi connectivity index (χ1) is 31.0. The van der Waals surface area contributed by atoms with Crippen LogP contribution in [-0.2, 0) is 47.9 Å². The number of hydrogen-bond donors (Lipinski definition) is 14. The van der Waals surface area contributed by atoms with E-state index in [2.05, 4.69) is 37.2 Å². The molecule has 24 nitrogen and oxygen atoms in total. The molecule has 0 fully saturated rings. The second kappa shape index (κ2) is 33.4. The molecule has 66 heavy (non-hydrogen) atoms. The van der Waals surface area contributed by atoms with Gasteiger partial charge < -0.3 is 75.5 Å². The predicted molar refractivity (Wildman–Crippen MR) is 245 cm³/mol. The van der Waals surface area contributed by atoms with Crippen molar-refractivity contribution in [2.45, 2.75) is 153 Å². The Balaban J connectivity index is 6.56. The molecule has 25 heteroatoms. The van der Waals surface area contributed by atoms with Crippen molar-refractivity contribution in [2.75, 3.05) is 31.7 Å². The van der Waals surface area contributed by atoms with E-state index < -0.39 is 133 Å². The Labute approximate surface area is 390 Å². The summed E-state index contributed by atoms with van der Waals surface area (Å²) in [5.41, 5.74) is 22.5. The van der Waals surface area contributed by atoms with Crippen LogP contribution in [0.5, 0.6) is 0 Å². The Morgan fingerprint density at radius 3 is 1.33 bits per heavy atom. The third-order valence-corrected chi connectivity index (χ3v) is 10.8. The van der Waals surface area contributed by atoms with Gasteiger partial charge in [-0.05, 0) is 101 Å². The van der Waals surface area contributed by atoms with E-state index in [9.17, 15) is 58.2 Å². The maximum atomic E-state index is 14.1. The second-order valence-corrected chi connectivity index (χ2v) is 17.6. The number of amides is 8. The Kier molecular flexibility index (Phi) is 30.8. The van der Waals surface area contributed by atoms with Crippen molar-refractivity contribution < 1.29 is 63.3 Å². The molecule has 0 bridgehead atoms. The number of nitrogens with two attached hydrogens (primary N) is 4. The monoisotopic (exact) mass is 962 g/mol. The van der Waals surface area contributed by atoms with Gasteiger partial charge in [0.1, 0.15) is 42.3 Å². The van der Waals surface area contributed by atoms with Crippen molar-refractivity contribution in [3.63, 3.8) is 0 Å². The zero-order chi connectivity index (χ0) is 50.5. The number of unbranched alkanes of at least 4 members (excludes halogenated alkanes) is 2. The van der Waals surface area contributed by atoms with Gasteiger partial charge in [0, 0.05) is 12.8 Å². The fourth-order valence-electron chi connectivity index (χ4n) is 6.30. The Morgan fingerprint density at radius 2 is 0.939 bits per heavy atom. The number of carbonyl (C=O) groups is 10. The molecule has 0 rings (SSSR count). The number of aliphatic carboxylic acids is 2. The van der Waals surface area contributed by atoms with Crippen LogP contribution in [0.3, 0.4) is 0 Å². The lowest BCUT2D eigenvalue weighted by molar-refractivity contribution is -0.143. The van der Waals surface area contributed by atoms with E-state index in [1.54, 1.807) is 34.0 Å². The molecule has 8 amide bonds. The van der Waals surface area contributed by atoms with E-state index in [0.29, 0.717) is 31.4 Å². The molecule has 0 aromatic heterocycles. The number of carboxylic acid groups (broad SMARTS) is 2. The molecule has 18 N–H and O–H groups in total. The predicted octanol–water partition coefficient (Wildman–Crippen LogP) is -3.37. The van der Waals surface area contributed by atoms with Gasteiger partial charge in [0.2, 0.25) is 47.3 Å². The van der Waals surface area contributed by atoms with E-state index in [1.165, 1.54) is 11.8 Å². The molecule has 0 aliphatic heterocycles. The molecule has 0 heterocycles. The lowest BCUT2D eigenvalue weighted by Crippen LogP contribution is -2.60. The number of nitrogens with one attached hydrogen (secondary N) is 7. The molecule has 0 spiro atoms. The topological polar surface area (TPSA) is 420 Å². The number of aliphatic hydroxyl groups excluding tert-OH is 1. The summed E-state index contributed by atoms with van der Waals surface area (Å²) in [4.78, 5) is 129. The van der Waals surface area contributed by atoms with Gasteiger partial charge in [-0.25, -0.2) is 4.79 Å². The second-order valence-electron chi connectivity index (χ2n) is 16.6. The molecule has 0 aliphatic rings. The first-order valence-electron chi connectivity index (χ1n) is 22.1. The van der Waals surface area contributed by atoms with Crippen LogP contribution in [0.25, 0.3) is 0 Å². The molecule has 0 aromatic rings. The summed E-state index contributed by atoms with van der Waals surface area (Å²) < 4.78 is 0. The van der Waals surface area contributed by atoms with E-state index in [-0.39, 0.29) is 57.5 Å². The maximum Gasteiger partial charge on any atom is 0.326 e. The molecule has 378 valence electrons. The summed E-state index contributed by atoms with van der Waals surface area (Å²) in [6, 6.07) is -10.8. The Morgan fingerprint density at radius 1 is 0.530 bits per heavy atom. The lowest BCUT2D eigenvalue weighted by atomic mass is 10.0. The number of rotatable bonds is 36. The molecule has 0 saturated carbocycles. The van der Waals surface area contributed by atoms with Gasteiger partial charge >= 0.3 is 11.9 Å². The van der Waals surface area contributed by atoms with Crippen molar-refractivity contribution >= 4 is 71.0 Å². The van der Waals surface area contributed by atoms with Crippen molar-refractivity contribution in [1.29, 1.82) is 0 Å². The fourth-order valence-corrected chi connectivity index (χ4v) is 6.77. The average Bonchev–Trinajstić information content (AvgIpc) is 3.24. The van der Waals surface area contributed by atoms with Crippen molar-refractivity contribution in [3.8, 4) is 0 Å². The third-order valence-electron chi connectivity index (χ3n) is 10.1. The first kappa shape index (κ1) is 60.9. The summed E-state index contributed by atoms with van der Waals surface area (Å²) in [6.45, 7) is 6.32. The van der Waals surface area contributed by atoms with Crippen LogP contribution in [0.4, 0.5) is 0 Å². The summed E-state index contributed by atoms with van der Waals surface area (Å²) in [6.07, 6.45) is 2.24. The van der Waals surface area contributed by atoms with Gasteiger partial charge in [-0.1, -0.05) is 27.7 Å². The summed E-state index contributed by atoms with van der Waals surface area (Å²) in [5, 5.41) is 46.0. The van der Waals surface area contributed by atoms with Crippen LogP contribution in [0.15, 0.2) is 0 Å². The van der Waals surface area contributed by atoms with E-state index in [4.69, 9.17) is 28.0 Å². The third kappa shape index (κ3) is 25.0. The molecular formula is C41H75N11O13S. The first-order valence-corrected chi connectivity index (χ1v) is 23.5. The van der Waals surface area contributed by atoms with Crippen LogP contribution >= 0.6 is 11.8 Å². The minimum atomic E-state index is -1.66. The highest BCUT2D eigenvalue weighted by molar-refractivity contribution is 7.98. The summed E-state index contributed by atoms with van der Waals surface area (Å²) >= 11 is 1.40. The number of carbonyl (C=O) groups excluding carboxylic acids is 8. The normalized spacial score (nSPS) is 14.8. The zero-order valence-corrected chi connectivity index (χ0v) is 39.5. The maximum absolute atomic E-state index is 14.1. The SMILES string of the molecule is CSCC[C@H](NC(=O)[C@H](CCCCN)NC(=O)[C@H](CCCCN)NC(=O)[C@H](CC(C)C)NC(=O)[C@H](CCC(N)=O)NC(=O)[C@H](CO)NC(=O)[C@@H](N)CCC(=O)O)C(=O)N[C@H](C(=O)O)C(C)C. The lowest BCUT2D eigenvalue weighted by Gasteiger charge is -2.28. The smallest absolute Gasteiger partial charge is 0.326 e. The largest absolute Gasteiger partial charge is 0.481 e. The van der Waals surface area contributed by atoms with E-state index >= 15 is 0 Å². The summed E-state index contributed by atoms with van der Waals surface area (Å²) in [7, 11) is 0. The molecule has 0 radical (unpaired) electrons. The minimum Gasteiger partial charge on any atom is -0.481 e. The van der Waals surface area contributed by atoms with Crippen molar-refractivity contribution in [2.24, 2.45) is 34.8 Å². The van der Waals surface area contributed by atoms with Crippen LogP contribution < -0.4 is 60.2 Å². The van der Waals surface area contributed by atoms with Gasteiger partial charge in [-0.3, -0.25) is 43.2 Å². The number of primary amides is 1. The number of hydrogen-bond acceptors (Lipinski definition) is 15.